The van der Waals surface area contributed by atoms with Gasteiger partial charge in [-0.1, -0.05) is 30.3 Å². The molecule has 1 unspecified atom stereocenters. The number of halogens is 1. The van der Waals surface area contributed by atoms with Gasteiger partial charge in [0, 0.05) is 10.1 Å². The quantitative estimate of drug-likeness (QED) is 0.867. The Bertz CT molecular complexity index is 455. The molecule has 2 aromatic rings. The van der Waals surface area contributed by atoms with Gasteiger partial charge in [0.1, 0.15) is 11.9 Å². The molecule has 3 heteroatoms. The van der Waals surface area contributed by atoms with E-state index in [2.05, 4.69) is 22.6 Å². The fourth-order valence-corrected chi connectivity index (χ4v) is 1.96. The molecular formula is C14H14INO. The number of nitrogens with two attached hydrogens (primary N) is 1. The van der Waals surface area contributed by atoms with Crippen LogP contribution in [0.2, 0.25) is 0 Å². The summed E-state index contributed by atoms with van der Waals surface area (Å²) in [6.45, 7) is 0.468. The molecule has 0 saturated heterocycles. The highest BCUT2D eigenvalue weighted by molar-refractivity contribution is 14.1. The van der Waals surface area contributed by atoms with Crippen molar-refractivity contribution in [3.8, 4) is 5.75 Å². The van der Waals surface area contributed by atoms with E-state index in [0.29, 0.717) is 6.54 Å². The van der Waals surface area contributed by atoms with Crippen LogP contribution in [0.15, 0.2) is 54.6 Å². The summed E-state index contributed by atoms with van der Waals surface area (Å²) in [7, 11) is 0. The fourth-order valence-electron chi connectivity index (χ4n) is 1.60. The Balaban J connectivity index is 2.13. The zero-order valence-electron chi connectivity index (χ0n) is 9.34. The van der Waals surface area contributed by atoms with Crippen molar-refractivity contribution in [2.24, 2.45) is 5.73 Å². The Morgan fingerprint density at radius 1 is 1.00 bits per heavy atom. The summed E-state index contributed by atoms with van der Waals surface area (Å²) < 4.78 is 7.07. The lowest BCUT2D eigenvalue weighted by Gasteiger charge is -2.17. The third-order valence-electron chi connectivity index (χ3n) is 2.48. The molecule has 2 N–H and O–H groups in total. The zero-order valence-corrected chi connectivity index (χ0v) is 11.5. The lowest BCUT2D eigenvalue weighted by Crippen LogP contribution is -2.18. The van der Waals surface area contributed by atoms with Crippen molar-refractivity contribution in [3.63, 3.8) is 0 Å². The molecule has 0 radical (unpaired) electrons. The van der Waals surface area contributed by atoms with Crippen LogP contribution in [-0.2, 0) is 0 Å². The first-order valence-electron chi connectivity index (χ1n) is 5.47. The first-order chi connectivity index (χ1) is 8.29. The summed E-state index contributed by atoms with van der Waals surface area (Å²) >= 11 is 2.27. The van der Waals surface area contributed by atoms with Crippen LogP contribution in [-0.4, -0.2) is 6.54 Å². The molecule has 17 heavy (non-hydrogen) atoms. The Kier molecular flexibility index (Phi) is 4.39. The summed E-state index contributed by atoms with van der Waals surface area (Å²) in [5.74, 6) is 0.852. The van der Waals surface area contributed by atoms with Crippen molar-refractivity contribution in [2.75, 3.05) is 6.54 Å². The minimum Gasteiger partial charge on any atom is -0.484 e. The Morgan fingerprint density at radius 2 is 1.65 bits per heavy atom. The van der Waals surface area contributed by atoms with Crippen LogP contribution in [0.1, 0.15) is 11.7 Å². The molecule has 1 atom stereocenters. The van der Waals surface area contributed by atoms with Crippen LogP contribution < -0.4 is 10.5 Å². The van der Waals surface area contributed by atoms with Crippen molar-refractivity contribution in [3.05, 3.63) is 63.7 Å². The van der Waals surface area contributed by atoms with Crippen LogP contribution in [0.4, 0.5) is 0 Å². The van der Waals surface area contributed by atoms with Gasteiger partial charge in [0.15, 0.2) is 0 Å². The van der Waals surface area contributed by atoms with Gasteiger partial charge in [0.2, 0.25) is 0 Å². The summed E-state index contributed by atoms with van der Waals surface area (Å²) in [6.07, 6.45) is -0.0868. The lowest BCUT2D eigenvalue weighted by molar-refractivity contribution is 0.214. The number of hydrogen-bond acceptors (Lipinski definition) is 2. The largest absolute Gasteiger partial charge is 0.484 e. The van der Waals surface area contributed by atoms with Gasteiger partial charge in [-0.3, -0.25) is 0 Å². The maximum atomic E-state index is 5.88. The monoisotopic (exact) mass is 339 g/mol. The number of rotatable bonds is 4. The third-order valence-corrected chi connectivity index (χ3v) is 3.20. The van der Waals surface area contributed by atoms with E-state index in [1.165, 1.54) is 3.57 Å². The molecule has 0 heterocycles. The topological polar surface area (TPSA) is 35.2 Å². The molecule has 2 nitrogen and oxygen atoms in total. The van der Waals surface area contributed by atoms with E-state index in [0.717, 1.165) is 11.3 Å². The van der Waals surface area contributed by atoms with Gasteiger partial charge in [-0.2, -0.15) is 0 Å². The second-order valence-corrected chi connectivity index (χ2v) is 4.95. The van der Waals surface area contributed by atoms with Crippen molar-refractivity contribution in [1.29, 1.82) is 0 Å². The first kappa shape index (κ1) is 12.4. The van der Waals surface area contributed by atoms with Gasteiger partial charge < -0.3 is 10.5 Å². The minimum atomic E-state index is -0.0868. The van der Waals surface area contributed by atoms with Crippen molar-refractivity contribution in [2.45, 2.75) is 6.10 Å². The van der Waals surface area contributed by atoms with E-state index >= 15 is 0 Å². The van der Waals surface area contributed by atoms with Gasteiger partial charge in [-0.05, 0) is 52.4 Å². The summed E-state index contributed by atoms with van der Waals surface area (Å²) in [5, 5.41) is 0. The Labute approximate surface area is 115 Å². The molecule has 88 valence electrons. The van der Waals surface area contributed by atoms with Crippen LogP contribution in [0.3, 0.4) is 0 Å². The predicted molar refractivity (Wildman–Crippen MR) is 78.0 cm³/mol. The molecule has 0 amide bonds. The molecule has 2 aromatic carbocycles. The van der Waals surface area contributed by atoms with Gasteiger partial charge >= 0.3 is 0 Å². The van der Waals surface area contributed by atoms with E-state index in [1.807, 2.05) is 54.6 Å². The summed E-state index contributed by atoms with van der Waals surface area (Å²) in [4.78, 5) is 0. The average Bonchev–Trinajstić information content (AvgIpc) is 2.39. The average molecular weight is 339 g/mol. The van der Waals surface area contributed by atoms with Gasteiger partial charge in [0.25, 0.3) is 0 Å². The smallest absolute Gasteiger partial charge is 0.136 e. The first-order valence-corrected chi connectivity index (χ1v) is 6.54. The Hall–Kier alpha value is -1.07. The van der Waals surface area contributed by atoms with Gasteiger partial charge in [-0.15, -0.1) is 0 Å². The number of benzene rings is 2. The second-order valence-electron chi connectivity index (χ2n) is 3.71. The molecule has 0 aromatic heterocycles. The third kappa shape index (κ3) is 3.44. The molecule has 0 aliphatic heterocycles. The van der Waals surface area contributed by atoms with E-state index in [-0.39, 0.29) is 6.10 Å². The van der Waals surface area contributed by atoms with Crippen LogP contribution in [0.5, 0.6) is 5.75 Å². The van der Waals surface area contributed by atoms with E-state index < -0.39 is 0 Å². The number of hydrogen-bond donors (Lipinski definition) is 1. The lowest BCUT2D eigenvalue weighted by atomic mass is 10.1. The van der Waals surface area contributed by atoms with Crippen molar-refractivity contribution >= 4 is 22.6 Å². The van der Waals surface area contributed by atoms with Crippen molar-refractivity contribution in [1.82, 2.24) is 0 Å². The molecule has 0 bridgehead atoms. The van der Waals surface area contributed by atoms with E-state index in [9.17, 15) is 0 Å². The molecule has 0 aliphatic carbocycles. The fraction of sp³-hybridized carbons (Fsp3) is 0.143. The SMILES string of the molecule is NCC(Oc1ccc(I)cc1)c1ccccc1. The van der Waals surface area contributed by atoms with Crippen LogP contribution in [0.25, 0.3) is 0 Å². The minimum absolute atomic E-state index is 0.0868. The highest BCUT2D eigenvalue weighted by Gasteiger charge is 2.10. The van der Waals surface area contributed by atoms with Gasteiger partial charge in [-0.25, -0.2) is 0 Å². The Morgan fingerprint density at radius 3 is 2.24 bits per heavy atom. The van der Waals surface area contributed by atoms with E-state index in [4.69, 9.17) is 10.5 Å². The molecule has 0 saturated carbocycles. The van der Waals surface area contributed by atoms with Crippen molar-refractivity contribution < 1.29 is 4.74 Å². The summed E-state index contributed by atoms with van der Waals surface area (Å²) in [6, 6.07) is 18.0. The highest BCUT2D eigenvalue weighted by atomic mass is 127. The maximum Gasteiger partial charge on any atom is 0.136 e. The maximum absolute atomic E-state index is 5.88. The molecule has 0 spiro atoms. The molecule has 0 aliphatic rings. The predicted octanol–water partition coefficient (Wildman–Crippen LogP) is 3.37. The van der Waals surface area contributed by atoms with Crippen LogP contribution in [0, 0.1) is 3.57 Å². The van der Waals surface area contributed by atoms with Crippen LogP contribution >= 0.6 is 22.6 Å². The normalized spacial score (nSPS) is 12.1. The second kappa shape index (κ2) is 6.02. The number of ether oxygens (including phenoxy) is 1. The zero-order chi connectivity index (χ0) is 12.1. The molecular weight excluding hydrogens is 325 g/mol. The molecule has 2 rings (SSSR count). The van der Waals surface area contributed by atoms with E-state index in [1.54, 1.807) is 0 Å². The van der Waals surface area contributed by atoms with Gasteiger partial charge in [0.05, 0.1) is 0 Å². The summed E-state index contributed by atoms with van der Waals surface area (Å²) in [5.41, 5.74) is 6.86. The standard InChI is InChI=1S/C14H14INO/c15-12-6-8-13(9-7-12)17-14(10-16)11-4-2-1-3-5-11/h1-9,14H,10,16H2. The molecule has 0 fully saturated rings. The highest BCUT2D eigenvalue weighted by Crippen LogP contribution is 2.21.